The van der Waals surface area contributed by atoms with E-state index in [0.717, 1.165) is 12.1 Å². The van der Waals surface area contributed by atoms with Crippen LogP contribution in [0.15, 0.2) is 46.9 Å². The highest BCUT2D eigenvalue weighted by Crippen LogP contribution is 2.28. The number of methoxy groups -OCH3 is 1. The van der Waals surface area contributed by atoms with Gasteiger partial charge in [0.25, 0.3) is 0 Å². The van der Waals surface area contributed by atoms with E-state index in [9.17, 15) is 4.39 Å². The average Bonchev–Trinajstić information content (AvgIpc) is 2.49. The fraction of sp³-hybridized carbons (Fsp3) is 0.250. The number of ether oxygens (including phenoxy) is 2. The molecule has 21 heavy (non-hydrogen) atoms. The monoisotopic (exact) mass is 353 g/mol. The van der Waals surface area contributed by atoms with Crippen molar-refractivity contribution < 1.29 is 13.9 Å². The Bertz CT molecular complexity index is 592. The molecule has 0 amide bonds. The Hall–Kier alpha value is -1.43. The van der Waals surface area contributed by atoms with Crippen molar-refractivity contribution >= 4 is 15.9 Å². The van der Waals surface area contributed by atoms with Gasteiger partial charge in [-0.2, -0.15) is 0 Å². The Morgan fingerprint density at radius 1 is 1.19 bits per heavy atom. The molecule has 0 bridgehead atoms. The molecule has 0 saturated carbocycles. The van der Waals surface area contributed by atoms with Gasteiger partial charge in [0.05, 0.1) is 11.1 Å². The number of benzene rings is 2. The van der Waals surface area contributed by atoms with Crippen LogP contribution in [0.2, 0.25) is 0 Å². The molecule has 1 N–H and O–H groups in total. The van der Waals surface area contributed by atoms with Gasteiger partial charge in [0.15, 0.2) is 0 Å². The van der Waals surface area contributed by atoms with Crippen molar-refractivity contribution in [2.45, 2.75) is 6.54 Å². The van der Waals surface area contributed by atoms with Gasteiger partial charge in [-0.05, 0) is 34.1 Å². The Morgan fingerprint density at radius 2 is 2.00 bits per heavy atom. The van der Waals surface area contributed by atoms with E-state index in [0.29, 0.717) is 29.1 Å². The van der Waals surface area contributed by atoms with Crippen molar-refractivity contribution in [3.05, 3.63) is 58.3 Å². The summed E-state index contributed by atoms with van der Waals surface area (Å²) in [4.78, 5) is 0. The summed E-state index contributed by atoms with van der Waals surface area (Å²) in [7, 11) is 1.67. The second-order valence-corrected chi connectivity index (χ2v) is 5.31. The van der Waals surface area contributed by atoms with Crippen LogP contribution in [-0.2, 0) is 11.3 Å². The fourth-order valence-electron chi connectivity index (χ4n) is 1.81. The maximum Gasteiger partial charge on any atom is 0.141 e. The van der Waals surface area contributed by atoms with Gasteiger partial charge in [-0.3, -0.25) is 0 Å². The van der Waals surface area contributed by atoms with E-state index < -0.39 is 0 Å². The minimum absolute atomic E-state index is 0.344. The first-order chi connectivity index (χ1) is 10.2. The van der Waals surface area contributed by atoms with Crippen LogP contribution < -0.4 is 10.1 Å². The standard InChI is InChI=1S/C16H17BrFNO2/c1-20-9-8-19-11-12-4-2-3-5-16(12)21-13-6-7-14(17)15(18)10-13/h2-7,10,19H,8-9,11H2,1H3. The zero-order chi connectivity index (χ0) is 15.1. The topological polar surface area (TPSA) is 30.5 Å². The first-order valence-corrected chi connectivity index (χ1v) is 7.40. The van der Waals surface area contributed by atoms with Crippen molar-refractivity contribution in [1.29, 1.82) is 0 Å². The number of halogens is 2. The number of hydrogen-bond acceptors (Lipinski definition) is 3. The quantitative estimate of drug-likeness (QED) is 0.759. The zero-order valence-electron chi connectivity index (χ0n) is 11.7. The van der Waals surface area contributed by atoms with Crippen molar-refractivity contribution in [3.63, 3.8) is 0 Å². The Kier molecular flexibility index (Phi) is 6.17. The molecule has 0 atom stereocenters. The van der Waals surface area contributed by atoms with Crippen LogP contribution in [0.25, 0.3) is 0 Å². The van der Waals surface area contributed by atoms with Gasteiger partial charge in [-0.1, -0.05) is 18.2 Å². The molecule has 0 saturated heterocycles. The van der Waals surface area contributed by atoms with Crippen LogP contribution in [0.4, 0.5) is 4.39 Å². The van der Waals surface area contributed by atoms with E-state index in [1.54, 1.807) is 19.2 Å². The summed E-state index contributed by atoms with van der Waals surface area (Å²) in [6.07, 6.45) is 0. The summed E-state index contributed by atoms with van der Waals surface area (Å²) in [6.45, 7) is 2.08. The van der Waals surface area contributed by atoms with Crippen LogP contribution in [-0.4, -0.2) is 20.3 Å². The fourth-order valence-corrected chi connectivity index (χ4v) is 2.06. The van der Waals surface area contributed by atoms with Crippen molar-refractivity contribution in [3.8, 4) is 11.5 Å². The van der Waals surface area contributed by atoms with Crippen LogP contribution >= 0.6 is 15.9 Å². The third-order valence-electron chi connectivity index (χ3n) is 2.89. The Morgan fingerprint density at radius 3 is 2.76 bits per heavy atom. The predicted octanol–water partition coefficient (Wildman–Crippen LogP) is 4.12. The van der Waals surface area contributed by atoms with Crippen LogP contribution in [0.3, 0.4) is 0 Å². The van der Waals surface area contributed by atoms with Gasteiger partial charge in [0.2, 0.25) is 0 Å². The number of para-hydroxylation sites is 1. The van der Waals surface area contributed by atoms with Gasteiger partial charge in [-0.15, -0.1) is 0 Å². The highest BCUT2D eigenvalue weighted by atomic mass is 79.9. The second kappa shape index (κ2) is 8.12. The van der Waals surface area contributed by atoms with Crippen LogP contribution in [0.1, 0.15) is 5.56 Å². The minimum atomic E-state index is -0.344. The van der Waals surface area contributed by atoms with Gasteiger partial charge in [0.1, 0.15) is 17.3 Å². The molecule has 0 radical (unpaired) electrons. The second-order valence-electron chi connectivity index (χ2n) is 4.46. The summed E-state index contributed by atoms with van der Waals surface area (Å²) < 4.78 is 24.7. The lowest BCUT2D eigenvalue weighted by atomic mass is 10.2. The summed E-state index contributed by atoms with van der Waals surface area (Å²) >= 11 is 3.13. The lowest BCUT2D eigenvalue weighted by Crippen LogP contribution is -2.18. The van der Waals surface area contributed by atoms with Crippen LogP contribution in [0.5, 0.6) is 11.5 Å². The third kappa shape index (κ3) is 4.81. The maximum atomic E-state index is 13.5. The molecular weight excluding hydrogens is 337 g/mol. The highest BCUT2D eigenvalue weighted by Gasteiger charge is 2.06. The molecule has 0 unspecified atom stereocenters. The normalized spacial score (nSPS) is 10.6. The van der Waals surface area contributed by atoms with E-state index in [-0.39, 0.29) is 5.82 Å². The first-order valence-electron chi connectivity index (χ1n) is 6.61. The molecule has 5 heteroatoms. The van der Waals surface area contributed by atoms with Crippen molar-refractivity contribution in [2.75, 3.05) is 20.3 Å². The van der Waals surface area contributed by atoms with Crippen LogP contribution in [0, 0.1) is 5.82 Å². The molecule has 0 aliphatic carbocycles. The highest BCUT2D eigenvalue weighted by molar-refractivity contribution is 9.10. The number of hydrogen-bond donors (Lipinski definition) is 1. The van der Waals surface area contributed by atoms with Gasteiger partial charge < -0.3 is 14.8 Å². The van der Waals surface area contributed by atoms with Crippen molar-refractivity contribution in [2.24, 2.45) is 0 Å². The molecule has 0 heterocycles. The van der Waals surface area contributed by atoms with Gasteiger partial charge in [0, 0.05) is 31.8 Å². The molecule has 2 aromatic rings. The first kappa shape index (κ1) is 15.9. The smallest absolute Gasteiger partial charge is 0.141 e. The molecule has 0 spiro atoms. The summed E-state index contributed by atoms with van der Waals surface area (Å²) in [5.74, 6) is 0.840. The number of rotatable bonds is 7. The van der Waals surface area contributed by atoms with Crippen molar-refractivity contribution in [1.82, 2.24) is 5.32 Å². The molecule has 3 nitrogen and oxygen atoms in total. The average molecular weight is 354 g/mol. The molecule has 2 rings (SSSR count). The van der Waals surface area contributed by atoms with Gasteiger partial charge >= 0.3 is 0 Å². The lowest BCUT2D eigenvalue weighted by molar-refractivity contribution is 0.199. The largest absolute Gasteiger partial charge is 0.457 e. The molecule has 0 aromatic heterocycles. The summed E-state index contributed by atoms with van der Waals surface area (Å²) in [5.41, 5.74) is 1.01. The number of nitrogens with one attached hydrogen (secondary N) is 1. The van der Waals surface area contributed by atoms with Gasteiger partial charge in [-0.25, -0.2) is 4.39 Å². The summed E-state index contributed by atoms with van der Waals surface area (Å²) in [5, 5.41) is 3.26. The zero-order valence-corrected chi connectivity index (χ0v) is 13.3. The van der Waals surface area contributed by atoms with E-state index in [1.807, 2.05) is 24.3 Å². The minimum Gasteiger partial charge on any atom is -0.457 e. The molecule has 2 aromatic carbocycles. The lowest BCUT2D eigenvalue weighted by Gasteiger charge is -2.12. The molecular formula is C16H17BrFNO2. The SMILES string of the molecule is COCCNCc1ccccc1Oc1ccc(Br)c(F)c1. The maximum absolute atomic E-state index is 13.5. The Labute approximate surface area is 132 Å². The molecule has 0 aliphatic rings. The van der Waals surface area contributed by atoms with E-state index in [2.05, 4.69) is 21.2 Å². The van der Waals surface area contributed by atoms with E-state index in [1.165, 1.54) is 6.07 Å². The predicted molar refractivity (Wildman–Crippen MR) is 84.2 cm³/mol. The van der Waals surface area contributed by atoms with E-state index >= 15 is 0 Å². The Balaban J connectivity index is 2.06. The summed E-state index contributed by atoms with van der Waals surface area (Å²) in [6, 6.07) is 12.4. The molecule has 112 valence electrons. The molecule has 0 aliphatic heterocycles. The van der Waals surface area contributed by atoms with E-state index in [4.69, 9.17) is 9.47 Å². The molecule has 0 fully saturated rings. The third-order valence-corrected chi connectivity index (χ3v) is 3.53.